The number of pyridine rings is 1. The number of nitrogens with zero attached hydrogens (tertiary/aromatic N) is 2. The number of carbonyl (C=O) groups is 2. The average molecular weight is 413 g/mol. The first-order chi connectivity index (χ1) is 13.3. The lowest BCUT2D eigenvalue weighted by atomic mass is 10.2. The standard InChI is InChI=1S/C15H13N3O2S.C2HF3O2/c19-15(17-8-6-11-4-1-2-7-16-11)12-10-13(20-18-12)14-5-3-9-21-14;3-2(4,5)1(6)7/h1-5,7,9-10H,6,8H2,(H,17,19);(H,6,7). The van der Waals surface area contributed by atoms with Gasteiger partial charge in [-0.1, -0.05) is 17.3 Å². The number of thiophene rings is 1. The summed E-state index contributed by atoms with van der Waals surface area (Å²) in [6.45, 7) is 0.511. The maximum atomic E-state index is 12.0. The average Bonchev–Trinajstić information content (AvgIpc) is 3.34. The van der Waals surface area contributed by atoms with Gasteiger partial charge in [0, 0.05) is 30.9 Å². The number of carbonyl (C=O) groups excluding carboxylic acids is 1. The Morgan fingerprint density at radius 2 is 1.96 bits per heavy atom. The third-order valence-corrected chi connectivity index (χ3v) is 4.03. The van der Waals surface area contributed by atoms with E-state index in [4.69, 9.17) is 14.4 Å². The van der Waals surface area contributed by atoms with Crippen molar-refractivity contribution >= 4 is 23.2 Å². The van der Waals surface area contributed by atoms with Crippen molar-refractivity contribution in [2.75, 3.05) is 6.54 Å². The van der Waals surface area contributed by atoms with E-state index in [1.54, 1.807) is 23.6 Å². The molecular weight excluding hydrogens is 399 g/mol. The molecule has 3 heterocycles. The lowest BCUT2D eigenvalue weighted by Crippen LogP contribution is -2.26. The largest absolute Gasteiger partial charge is 0.490 e. The molecule has 0 bridgehead atoms. The van der Waals surface area contributed by atoms with Crippen LogP contribution in [0.2, 0.25) is 0 Å². The van der Waals surface area contributed by atoms with E-state index < -0.39 is 12.1 Å². The molecule has 0 radical (unpaired) electrons. The van der Waals surface area contributed by atoms with Crippen molar-refractivity contribution in [3.63, 3.8) is 0 Å². The summed E-state index contributed by atoms with van der Waals surface area (Å²) in [6.07, 6.45) is -2.66. The van der Waals surface area contributed by atoms with Gasteiger partial charge >= 0.3 is 12.1 Å². The van der Waals surface area contributed by atoms with Crippen molar-refractivity contribution in [2.45, 2.75) is 12.6 Å². The van der Waals surface area contributed by atoms with Crippen molar-refractivity contribution in [2.24, 2.45) is 0 Å². The van der Waals surface area contributed by atoms with Gasteiger partial charge in [0.25, 0.3) is 5.91 Å². The monoisotopic (exact) mass is 413 g/mol. The molecule has 0 fully saturated rings. The Balaban J connectivity index is 0.000000345. The smallest absolute Gasteiger partial charge is 0.475 e. The van der Waals surface area contributed by atoms with Crippen LogP contribution in [-0.4, -0.2) is 39.8 Å². The van der Waals surface area contributed by atoms with Crippen LogP contribution in [0, 0.1) is 0 Å². The summed E-state index contributed by atoms with van der Waals surface area (Å²) in [7, 11) is 0. The second-order valence-corrected chi connectivity index (χ2v) is 6.13. The van der Waals surface area contributed by atoms with Crippen LogP contribution >= 0.6 is 11.3 Å². The van der Waals surface area contributed by atoms with Gasteiger partial charge in [-0.3, -0.25) is 9.78 Å². The van der Waals surface area contributed by atoms with Crippen molar-refractivity contribution in [1.82, 2.24) is 15.5 Å². The highest BCUT2D eigenvalue weighted by atomic mass is 32.1. The summed E-state index contributed by atoms with van der Waals surface area (Å²) < 4.78 is 36.9. The topological polar surface area (TPSA) is 105 Å². The number of hydrogen-bond donors (Lipinski definition) is 2. The molecule has 11 heteroatoms. The normalized spacial score (nSPS) is 10.7. The molecule has 0 saturated heterocycles. The van der Waals surface area contributed by atoms with E-state index in [2.05, 4.69) is 15.5 Å². The summed E-state index contributed by atoms with van der Waals surface area (Å²) in [6, 6.07) is 11.2. The molecule has 0 aliphatic rings. The highest BCUT2D eigenvalue weighted by molar-refractivity contribution is 7.13. The number of carboxylic acid groups (broad SMARTS) is 1. The van der Waals surface area contributed by atoms with E-state index in [9.17, 15) is 18.0 Å². The van der Waals surface area contributed by atoms with E-state index >= 15 is 0 Å². The zero-order valence-corrected chi connectivity index (χ0v) is 15.0. The minimum absolute atomic E-state index is 0.238. The fourth-order valence-corrected chi connectivity index (χ4v) is 2.53. The van der Waals surface area contributed by atoms with Crippen molar-refractivity contribution < 1.29 is 32.4 Å². The molecular formula is C17H14F3N3O4S. The minimum atomic E-state index is -5.08. The molecule has 0 aliphatic carbocycles. The first-order valence-electron chi connectivity index (χ1n) is 7.76. The van der Waals surface area contributed by atoms with Gasteiger partial charge < -0.3 is 14.9 Å². The predicted molar refractivity (Wildman–Crippen MR) is 93.8 cm³/mol. The Hall–Kier alpha value is -3.21. The molecule has 28 heavy (non-hydrogen) atoms. The zero-order chi connectivity index (χ0) is 20.6. The molecule has 0 aliphatic heterocycles. The van der Waals surface area contributed by atoms with Crippen LogP contribution in [-0.2, 0) is 11.2 Å². The van der Waals surface area contributed by atoms with Crippen LogP contribution in [0.25, 0.3) is 10.6 Å². The third-order valence-electron chi connectivity index (χ3n) is 3.14. The number of aromatic nitrogens is 2. The lowest BCUT2D eigenvalue weighted by Gasteiger charge is -2.01. The van der Waals surface area contributed by atoms with Gasteiger partial charge in [0.2, 0.25) is 0 Å². The summed E-state index contributed by atoms with van der Waals surface area (Å²) in [5.41, 5.74) is 1.23. The number of hydrogen-bond acceptors (Lipinski definition) is 6. The number of nitrogens with one attached hydrogen (secondary N) is 1. The Kier molecular flexibility index (Phi) is 7.27. The summed E-state index contributed by atoms with van der Waals surface area (Å²) in [4.78, 5) is 26.0. The molecule has 0 saturated carbocycles. The van der Waals surface area contributed by atoms with E-state index in [0.717, 1.165) is 10.6 Å². The van der Waals surface area contributed by atoms with Crippen LogP contribution in [0.3, 0.4) is 0 Å². The fourth-order valence-electron chi connectivity index (χ4n) is 1.86. The van der Waals surface area contributed by atoms with Crippen LogP contribution in [0.4, 0.5) is 13.2 Å². The van der Waals surface area contributed by atoms with Gasteiger partial charge in [-0.05, 0) is 23.6 Å². The fraction of sp³-hybridized carbons (Fsp3) is 0.176. The number of halogens is 3. The number of carboxylic acids is 1. The molecule has 148 valence electrons. The second-order valence-electron chi connectivity index (χ2n) is 5.18. The van der Waals surface area contributed by atoms with Crippen LogP contribution in [0.1, 0.15) is 16.2 Å². The second kappa shape index (κ2) is 9.65. The molecule has 3 rings (SSSR count). The Labute approximate surface area is 160 Å². The number of rotatable bonds is 5. The molecule has 0 atom stereocenters. The van der Waals surface area contributed by atoms with Gasteiger partial charge in [0.05, 0.1) is 4.88 Å². The van der Waals surface area contributed by atoms with Crippen molar-refractivity contribution in [1.29, 1.82) is 0 Å². The van der Waals surface area contributed by atoms with Gasteiger partial charge in [-0.15, -0.1) is 11.3 Å². The van der Waals surface area contributed by atoms with Gasteiger partial charge in [0.1, 0.15) is 0 Å². The Morgan fingerprint density at radius 1 is 1.21 bits per heavy atom. The third kappa shape index (κ3) is 6.50. The molecule has 7 nitrogen and oxygen atoms in total. The first-order valence-corrected chi connectivity index (χ1v) is 8.64. The van der Waals surface area contributed by atoms with Gasteiger partial charge in [-0.25, -0.2) is 4.79 Å². The highest BCUT2D eigenvalue weighted by Gasteiger charge is 2.38. The molecule has 1 amide bonds. The summed E-state index contributed by atoms with van der Waals surface area (Å²) in [5.74, 6) is -2.38. The summed E-state index contributed by atoms with van der Waals surface area (Å²) in [5, 5.41) is 15.7. The van der Waals surface area contributed by atoms with E-state index in [1.807, 2.05) is 35.7 Å². The molecule has 0 unspecified atom stereocenters. The Morgan fingerprint density at radius 3 is 2.54 bits per heavy atom. The predicted octanol–water partition coefficient (Wildman–Crippen LogP) is 3.40. The lowest BCUT2D eigenvalue weighted by molar-refractivity contribution is -0.192. The minimum Gasteiger partial charge on any atom is -0.475 e. The van der Waals surface area contributed by atoms with Gasteiger partial charge in [-0.2, -0.15) is 13.2 Å². The van der Waals surface area contributed by atoms with Crippen molar-refractivity contribution in [3.05, 3.63) is 59.4 Å². The van der Waals surface area contributed by atoms with Crippen LogP contribution in [0.5, 0.6) is 0 Å². The van der Waals surface area contributed by atoms with Crippen molar-refractivity contribution in [3.8, 4) is 10.6 Å². The SMILES string of the molecule is O=C(NCCc1ccccn1)c1cc(-c2cccs2)on1.O=C(O)C(F)(F)F. The number of alkyl halides is 3. The molecule has 3 aromatic rings. The Bertz CT molecular complexity index is 896. The van der Waals surface area contributed by atoms with Crippen LogP contribution < -0.4 is 5.32 Å². The highest BCUT2D eigenvalue weighted by Crippen LogP contribution is 2.25. The number of amides is 1. The molecule has 2 N–H and O–H groups in total. The zero-order valence-electron chi connectivity index (χ0n) is 14.1. The molecule has 3 aromatic heterocycles. The summed E-state index contributed by atoms with van der Waals surface area (Å²) >= 11 is 1.54. The van der Waals surface area contributed by atoms with Gasteiger partial charge in [0.15, 0.2) is 11.5 Å². The van der Waals surface area contributed by atoms with E-state index in [1.165, 1.54) is 0 Å². The quantitative estimate of drug-likeness (QED) is 0.664. The molecule has 0 aromatic carbocycles. The van der Waals surface area contributed by atoms with E-state index in [-0.39, 0.29) is 5.91 Å². The number of aliphatic carboxylic acids is 1. The first kappa shape index (κ1) is 21.1. The maximum absolute atomic E-state index is 12.0. The maximum Gasteiger partial charge on any atom is 0.490 e. The molecule has 0 spiro atoms. The van der Waals surface area contributed by atoms with E-state index in [0.29, 0.717) is 24.4 Å². The van der Waals surface area contributed by atoms with Crippen LogP contribution in [0.15, 0.2) is 52.5 Å².